The monoisotopic (exact) mass is 264 g/mol. The number of anilines is 1. The summed E-state index contributed by atoms with van der Waals surface area (Å²) < 4.78 is 11.5. The normalized spacial score (nSPS) is 16.9. The van der Waals surface area contributed by atoms with E-state index in [1.807, 2.05) is 12.1 Å². The molecule has 1 aliphatic rings. The number of hydrogen-bond acceptors (Lipinski definition) is 4. The second kappa shape index (κ2) is 7.22. The van der Waals surface area contributed by atoms with Crippen LogP contribution in [-0.2, 0) is 0 Å². The standard InChI is InChI=1S/C15H24N2O2/c1-2-11-18-15-13(16)9-10-14(17-15)19-12-7-5-3-4-6-8-12/h9-10,12H,2-8,11,16H2,1H3. The number of pyridine rings is 1. The molecule has 0 radical (unpaired) electrons. The lowest BCUT2D eigenvalue weighted by Gasteiger charge is -2.17. The van der Waals surface area contributed by atoms with Crippen molar-refractivity contribution in [2.75, 3.05) is 12.3 Å². The summed E-state index contributed by atoms with van der Waals surface area (Å²) in [7, 11) is 0. The van der Waals surface area contributed by atoms with Gasteiger partial charge in [0.2, 0.25) is 11.8 Å². The van der Waals surface area contributed by atoms with Crippen LogP contribution in [0.15, 0.2) is 12.1 Å². The number of nitrogens with two attached hydrogens (primary N) is 1. The summed E-state index contributed by atoms with van der Waals surface area (Å²) in [6.45, 7) is 2.69. The number of hydrogen-bond donors (Lipinski definition) is 1. The summed E-state index contributed by atoms with van der Waals surface area (Å²) in [4.78, 5) is 4.37. The van der Waals surface area contributed by atoms with Crippen LogP contribution in [0.1, 0.15) is 51.9 Å². The van der Waals surface area contributed by atoms with Crippen molar-refractivity contribution in [1.29, 1.82) is 0 Å². The molecule has 2 rings (SSSR count). The Morgan fingerprint density at radius 1 is 1.21 bits per heavy atom. The minimum Gasteiger partial charge on any atom is -0.476 e. The van der Waals surface area contributed by atoms with Gasteiger partial charge in [0.15, 0.2) is 0 Å². The predicted octanol–water partition coefficient (Wildman–Crippen LogP) is 3.55. The molecule has 106 valence electrons. The summed E-state index contributed by atoms with van der Waals surface area (Å²) in [5.74, 6) is 1.13. The molecule has 0 aliphatic heterocycles. The van der Waals surface area contributed by atoms with Gasteiger partial charge in [-0.25, -0.2) is 0 Å². The van der Waals surface area contributed by atoms with Crippen molar-refractivity contribution in [2.45, 2.75) is 58.0 Å². The van der Waals surface area contributed by atoms with Crippen LogP contribution in [0.5, 0.6) is 11.8 Å². The first-order valence-electron chi connectivity index (χ1n) is 7.35. The van der Waals surface area contributed by atoms with Crippen LogP contribution in [0.25, 0.3) is 0 Å². The molecule has 0 amide bonds. The van der Waals surface area contributed by atoms with Gasteiger partial charge in [-0.05, 0) is 38.2 Å². The molecule has 0 atom stereocenters. The van der Waals surface area contributed by atoms with Crippen molar-refractivity contribution in [2.24, 2.45) is 0 Å². The fourth-order valence-corrected chi connectivity index (χ4v) is 2.34. The lowest BCUT2D eigenvalue weighted by Crippen LogP contribution is -2.16. The van der Waals surface area contributed by atoms with Gasteiger partial charge in [-0.2, -0.15) is 4.98 Å². The van der Waals surface area contributed by atoms with Crippen molar-refractivity contribution >= 4 is 5.69 Å². The van der Waals surface area contributed by atoms with E-state index >= 15 is 0 Å². The molecule has 4 heteroatoms. The van der Waals surface area contributed by atoms with E-state index in [0.717, 1.165) is 19.3 Å². The van der Waals surface area contributed by atoms with Crippen LogP contribution in [-0.4, -0.2) is 17.7 Å². The van der Waals surface area contributed by atoms with Gasteiger partial charge >= 0.3 is 0 Å². The van der Waals surface area contributed by atoms with Crippen molar-refractivity contribution < 1.29 is 9.47 Å². The molecule has 0 bridgehead atoms. The van der Waals surface area contributed by atoms with Crippen LogP contribution < -0.4 is 15.2 Å². The second-order valence-electron chi connectivity index (χ2n) is 5.12. The molecule has 4 nitrogen and oxygen atoms in total. The third-order valence-corrected chi connectivity index (χ3v) is 3.40. The molecule has 0 unspecified atom stereocenters. The maximum Gasteiger partial charge on any atom is 0.240 e. The number of nitrogens with zero attached hydrogens (tertiary/aromatic N) is 1. The molecule has 1 aromatic heterocycles. The number of ether oxygens (including phenoxy) is 2. The Morgan fingerprint density at radius 2 is 1.95 bits per heavy atom. The first-order chi connectivity index (χ1) is 9.29. The highest BCUT2D eigenvalue weighted by Crippen LogP contribution is 2.26. The third-order valence-electron chi connectivity index (χ3n) is 3.40. The van der Waals surface area contributed by atoms with E-state index in [1.54, 1.807) is 0 Å². The fraction of sp³-hybridized carbons (Fsp3) is 0.667. The van der Waals surface area contributed by atoms with E-state index in [-0.39, 0.29) is 6.10 Å². The lowest BCUT2D eigenvalue weighted by atomic mass is 10.1. The lowest BCUT2D eigenvalue weighted by molar-refractivity contribution is 0.173. The second-order valence-corrected chi connectivity index (χ2v) is 5.12. The summed E-state index contributed by atoms with van der Waals surface area (Å²) in [5.41, 5.74) is 6.42. The average Bonchev–Trinajstić information content (AvgIpc) is 2.68. The van der Waals surface area contributed by atoms with Crippen LogP contribution in [0.3, 0.4) is 0 Å². The molecule has 2 N–H and O–H groups in total. The molecule has 1 aliphatic carbocycles. The number of rotatable bonds is 5. The summed E-state index contributed by atoms with van der Waals surface area (Å²) >= 11 is 0. The maximum atomic E-state index is 5.96. The van der Waals surface area contributed by atoms with Crippen LogP contribution >= 0.6 is 0 Å². The highest BCUT2D eigenvalue weighted by Gasteiger charge is 2.15. The van der Waals surface area contributed by atoms with Gasteiger partial charge in [0.25, 0.3) is 0 Å². The molecule has 1 aromatic rings. The predicted molar refractivity (Wildman–Crippen MR) is 76.6 cm³/mol. The molecular formula is C15H24N2O2. The Morgan fingerprint density at radius 3 is 2.63 bits per heavy atom. The van der Waals surface area contributed by atoms with Crippen LogP contribution in [0, 0.1) is 0 Å². The first-order valence-corrected chi connectivity index (χ1v) is 7.35. The Kier molecular flexibility index (Phi) is 5.31. The van der Waals surface area contributed by atoms with Crippen molar-refractivity contribution in [1.82, 2.24) is 4.98 Å². The Labute approximate surface area is 115 Å². The van der Waals surface area contributed by atoms with Crippen LogP contribution in [0.4, 0.5) is 5.69 Å². The average molecular weight is 264 g/mol. The van der Waals surface area contributed by atoms with E-state index in [2.05, 4.69) is 11.9 Å². The van der Waals surface area contributed by atoms with Gasteiger partial charge in [-0.15, -0.1) is 0 Å². The fourth-order valence-electron chi connectivity index (χ4n) is 2.34. The summed E-state index contributed by atoms with van der Waals surface area (Å²) in [6, 6.07) is 3.64. The van der Waals surface area contributed by atoms with Gasteiger partial charge in [0.05, 0.1) is 12.3 Å². The Bertz CT molecular complexity index is 388. The van der Waals surface area contributed by atoms with Gasteiger partial charge in [-0.3, -0.25) is 0 Å². The molecule has 19 heavy (non-hydrogen) atoms. The molecule has 1 heterocycles. The molecular weight excluding hydrogens is 240 g/mol. The molecule has 0 saturated heterocycles. The highest BCUT2D eigenvalue weighted by molar-refractivity contribution is 5.49. The van der Waals surface area contributed by atoms with E-state index in [0.29, 0.717) is 24.1 Å². The van der Waals surface area contributed by atoms with Crippen LogP contribution in [0.2, 0.25) is 0 Å². The zero-order valence-corrected chi connectivity index (χ0v) is 11.7. The molecule has 1 fully saturated rings. The first kappa shape index (κ1) is 14.0. The van der Waals surface area contributed by atoms with E-state index in [4.69, 9.17) is 15.2 Å². The smallest absolute Gasteiger partial charge is 0.240 e. The Hall–Kier alpha value is -1.45. The summed E-state index contributed by atoms with van der Waals surface area (Å²) in [5, 5.41) is 0. The zero-order valence-electron chi connectivity index (χ0n) is 11.7. The number of nitrogen functional groups attached to an aromatic ring is 1. The van der Waals surface area contributed by atoms with E-state index < -0.39 is 0 Å². The van der Waals surface area contributed by atoms with Crippen molar-refractivity contribution in [3.05, 3.63) is 12.1 Å². The SMILES string of the molecule is CCCOc1nc(OC2CCCCCC2)ccc1N. The minimum absolute atomic E-state index is 0.289. The van der Waals surface area contributed by atoms with E-state index in [9.17, 15) is 0 Å². The van der Waals surface area contributed by atoms with E-state index in [1.165, 1.54) is 25.7 Å². The number of aromatic nitrogens is 1. The largest absolute Gasteiger partial charge is 0.476 e. The third kappa shape index (κ3) is 4.30. The minimum atomic E-state index is 0.289. The molecule has 0 spiro atoms. The van der Waals surface area contributed by atoms with Gasteiger partial charge in [0.1, 0.15) is 6.10 Å². The van der Waals surface area contributed by atoms with Crippen molar-refractivity contribution in [3.8, 4) is 11.8 Å². The van der Waals surface area contributed by atoms with Gasteiger partial charge < -0.3 is 15.2 Å². The highest BCUT2D eigenvalue weighted by atomic mass is 16.5. The maximum absolute atomic E-state index is 5.96. The topological polar surface area (TPSA) is 57.4 Å². The molecule has 1 saturated carbocycles. The van der Waals surface area contributed by atoms with Gasteiger partial charge in [-0.1, -0.05) is 19.8 Å². The Balaban J connectivity index is 1.98. The quantitative estimate of drug-likeness (QED) is 0.826. The summed E-state index contributed by atoms with van der Waals surface area (Å²) in [6.07, 6.45) is 8.61. The van der Waals surface area contributed by atoms with Crippen molar-refractivity contribution in [3.63, 3.8) is 0 Å². The zero-order chi connectivity index (χ0) is 13.5. The van der Waals surface area contributed by atoms with Gasteiger partial charge in [0, 0.05) is 6.07 Å². The molecule has 0 aromatic carbocycles.